The Morgan fingerprint density at radius 2 is 2.22 bits per heavy atom. The van der Waals surface area contributed by atoms with Crippen molar-refractivity contribution >= 4 is 33.4 Å². The zero-order valence-electron chi connectivity index (χ0n) is 10.7. The third kappa shape index (κ3) is 3.62. The Morgan fingerprint density at radius 3 is 2.72 bits per heavy atom. The number of ether oxygens (including phenoxy) is 1. The van der Waals surface area contributed by atoms with E-state index < -0.39 is 0 Å². The molecule has 0 bridgehead atoms. The maximum atomic E-state index is 12.2. The summed E-state index contributed by atoms with van der Waals surface area (Å²) in [5.41, 5.74) is 0.212. The van der Waals surface area contributed by atoms with E-state index in [4.69, 9.17) is 16.3 Å². The van der Waals surface area contributed by atoms with Crippen LogP contribution in [0.1, 0.15) is 30.6 Å². The molecular formula is C13H17BrClNO2. The maximum Gasteiger partial charge on any atom is 0.255 e. The van der Waals surface area contributed by atoms with Crippen molar-refractivity contribution in [3.05, 3.63) is 28.8 Å². The van der Waals surface area contributed by atoms with Crippen molar-refractivity contribution in [3.8, 4) is 5.75 Å². The molecule has 1 amide bonds. The van der Waals surface area contributed by atoms with Gasteiger partial charge in [-0.25, -0.2) is 0 Å². The van der Waals surface area contributed by atoms with E-state index in [-0.39, 0.29) is 11.4 Å². The molecule has 100 valence electrons. The molecule has 1 aromatic carbocycles. The van der Waals surface area contributed by atoms with Crippen molar-refractivity contribution in [2.45, 2.75) is 25.8 Å². The molecule has 3 nitrogen and oxygen atoms in total. The number of methoxy groups -OCH3 is 1. The summed E-state index contributed by atoms with van der Waals surface area (Å²) in [6.45, 7) is 4.02. The Bertz CT molecular complexity index is 433. The summed E-state index contributed by atoms with van der Waals surface area (Å²) < 4.78 is 5.17. The van der Waals surface area contributed by atoms with Crippen molar-refractivity contribution in [1.29, 1.82) is 0 Å². The first-order chi connectivity index (χ1) is 8.45. The van der Waals surface area contributed by atoms with Gasteiger partial charge >= 0.3 is 0 Å². The van der Waals surface area contributed by atoms with Gasteiger partial charge in [0.25, 0.3) is 5.91 Å². The van der Waals surface area contributed by atoms with E-state index in [0.29, 0.717) is 21.7 Å². The quantitative estimate of drug-likeness (QED) is 0.835. The number of hydrogen-bond donors (Lipinski definition) is 1. The highest BCUT2D eigenvalue weighted by Crippen LogP contribution is 2.24. The molecule has 0 aliphatic rings. The zero-order chi connectivity index (χ0) is 13.8. The Hall–Kier alpha value is -0.740. The number of carbonyl (C=O) groups is 1. The first-order valence-corrected chi connectivity index (χ1v) is 7.17. The first-order valence-electron chi connectivity index (χ1n) is 5.67. The SMILES string of the molecule is CCC(C)(CBr)NC(=O)c1ccc(Cl)cc1OC. The van der Waals surface area contributed by atoms with Crippen LogP contribution in [0.3, 0.4) is 0 Å². The second-order valence-corrected chi connectivity index (χ2v) is 5.34. The molecule has 0 aromatic heterocycles. The van der Waals surface area contributed by atoms with E-state index in [1.807, 2.05) is 13.8 Å². The molecule has 1 rings (SSSR count). The second-order valence-electron chi connectivity index (χ2n) is 4.35. The van der Waals surface area contributed by atoms with Gasteiger partial charge in [-0.2, -0.15) is 0 Å². The van der Waals surface area contributed by atoms with Crippen LogP contribution in [0.4, 0.5) is 0 Å². The number of carbonyl (C=O) groups excluding carboxylic acids is 1. The highest BCUT2D eigenvalue weighted by molar-refractivity contribution is 9.09. The average Bonchev–Trinajstić information content (AvgIpc) is 2.38. The lowest BCUT2D eigenvalue weighted by Gasteiger charge is -2.27. The Kier molecular flexibility index (Phi) is 5.47. The number of halogens is 2. The lowest BCUT2D eigenvalue weighted by atomic mass is 10.0. The Labute approximate surface area is 121 Å². The first kappa shape index (κ1) is 15.3. The smallest absolute Gasteiger partial charge is 0.255 e. The van der Waals surface area contributed by atoms with Gasteiger partial charge in [-0.05, 0) is 31.5 Å². The van der Waals surface area contributed by atoms with Crippen LogP contribution in [0.5, 0.6) is 5.75 Å². The molecule has 0 fully saturated rings. The number of benzene rings is 1. The predicted molar refractivity (Wildman–Crippen MR) is 78.0 cm³/mol. The molecule has 5 heteroatoms. The fraction of sp³-hybridized carbons (Fsp3) is 0.462. The van der Waals surface area contributed by atoms with E-state index in [2.05, 4.69) is 21.2 Å². The summed E-state index contributed by atoms with van der Waals surface area (Å²) in [4.78, 5) is 12.2. The van der Waals surface area contributed by atoms with Gasteiger partial charge in [-0.1, -0.05) is 34.5 Å². The minimum absolute atomic E-state index is 0.160. The third-order valence-corrected chi connectivity index (χ3v) is 4.37. The van der Waals surface area contributed by atoms with E-state index in [9.17, 15) is 4.79 Å². The normalized spacial score (nSPS) is 13.8. The molecule has 1 atom stereocenters. The average molecular weight is 335 g/mol. The minimum Gasteiger partial charge on any atom is -0.496 e. The number of alkyl halides is 1. The zero-order valence-corrected chi connectivity index (χ0v) is 13.1. The summed E-state index contributed by atoms with van der Waals surface area (Å²) >= 11 is 9.28. The highest BCUT2D eigenvalue weighted by Gasteiger charge is 2.24. The predicted octanol–water partition coefficient (Wildman–Crippen LogP) is 3.64. The van der Waals surface area contributed by atoms with Crippen LogP contribution in [0.15, 0.2) is 18.2 Å². The third-order valence-electron chi connectivity index (χ3n) is 2.90. The molecule has 0 radical (unpaired) electrons. The van der Waals surface area contributed by atoms with Gasteiger partial charge in [0.05, 0.1) is 12.7 Å². The topological polar surface area (TPSA) is 38.3 Å². The molecule has 0 spiro atoms. The molecule has 0 saturated heterocycles. The largest absolute Gasteiger partial charge is 0.496 e. The number of nitrogens with one attached hydrogen (secondary N) is 1. The van der Waals surface area contributed by atoms with Gasteiger partial charge in [-0.3, -0.25) is 4.79 Å². The second kappa shape index (κ2) is 6.43. The molecule has 0 saturated carbocycles. The molecule has 1 aromatic rings. The van der Waals surface area contributed by atoms with Crippen LogP contribution >= 0.6 is 27.5 Å². The van der Waals surface area contributed by atoms with Crippen molar-refractivity contribution in [1.82, 2.24) is 5.32 Å². The van der Waals surface area contributed by atoms with Crippen LogP contribution in [0, 0.1) is 0 Å². The number of rotatable bonds is 5. The summed E-state index contributed by atoms with van der Waals surface area (Å²) in [5.74, 6) is 0.320. The van der Waals surface area contributed by atoms with Gasteiger partial charge in [-0.15, -0.1) is 0 Å². The van der Waals surface area contributed by atoms with Gasteiger partial charge < -0.3 is 10.1 Å². The van der Waals surface area contributed by atoms with Gasteiger partial charge in [0.1, 0.15) is 5.75 Å². The van der Waals surface area contributed by atoms with E-state index in [1.54, 1.807) is 18.2 Å². The minimum atomic E-state index is -0.276. The van der Waals surface area contributed by atoms with Crippen LogP contribution in [-0.2, 0) is 0 Å². The van der Waals surface area contributed by atoms with E-state index >= 15 is 0 Å². The van der Waals surface area contributed by atoms with E-state index in [1.165, 1.54) is 7.11 Å². The molecule has 0 aliphatic heterocycles. The van der Waals surface area contributed by atoms with E-state index in [0.717, 1.165) is 6.42 Å². The van der Waals surface area contributed by atoms with Crippen LogP contribution in [0.2, 0.25) is 5.02 Å². The fourth-order valence-electron chi connectivity index (χ4n) is 1.41. The maximum absolute atomic E-state index is 12.2. The molecule has 1 N–H and O–H groups in total. The van der Waals surface area contributed by atoms with Crippen LogP contribution in [0.25, 0.3) is 0 Å². The fourth-order valence-corrected chi connectivity index (χ4v) is 2.11. The van der Waals surface area contributed by atoms with Crippen molar-refractivity contribution in [2.75, 3.05) is 12.4 Å². The lowest BCUT2D eigenvalue weighted by Crippen LogP contribution is -2.47. The summed E-state index contributed by atoms with van der Waals surface area (Å²) in [6.07, 6.45) is 0.833. The van der Waals surface area contributed by atoms with Crippen molar-refractivity contribution in [2.24, 2.45) is 0 Å². The monoisotopic (exact) mass is 333 g/mol. The van der Waals surface area contributed by atoms with Gasteiger partial charge in [0.2, 0.25) is 0 Å². The molecule has 1 unspecified atom stereocenters. The molecule has 0 heterocycles. The van der Waals surface area contributed by atoms with Gasteiger partial charge in [0, 0.05) is 15.9 Å². The summed E-state index contributed by atoms with van der Waals surface area (Å²) in [6, 6.07) is 4.98. The summed E-state index contributed by atoms with van der Waals surface area (Å²) in [7, 11) is 1.52. The Balaban J connectivity index is 2.97. The van der Waals surface area contributed by atoms with Crippen LogP contribution < -0.4 is 10.1 Å². The lowest BCUT2D eigenvalue weighted by molar-refractivity contribution is 0.0910. The van der Waals surface area contributed by atoms with Crippen molar-refractivity contribution in [3.63, 3.8) is 0 Å². The van der Waals surface area contributed by atoms with Gasteiger partial charge in [0.15, 0.2) is 0 Å². The molecular weight excluding hydrogens is 318 g/mol. The van der Waals surface area contributed by atoms with Crippen LogP contribution in [-0.4, -0.2) is 23.9 Å². The highest BCUT2D eigenvalue weighted by atomic mass is 79.9. The number of hydrogen-bond acceptors (Lipinski definition) is 2. The van der Waals surface area contributed by atoms with Crippen molar-refractivity contribution < 1.29 is 9.53 Å². The Morgan fingerprint density at radius 1 is 1.56 bits per heavy atom. The number of amides is 1. The molecule has 0 aliphatic carbocycles. The summed E-state index contributed by atoms with van der Waals surface area (Å²) in [5, 5.41) is 4.23. The standard InChI is InChI=1S/C13H17BrClNO2/c1-4-13(2,8-14)16-12(17)10-6-5-9(15)7-11(10)18-3/h5-7H,4,8H2,1-3H3,(H,16,17). The molecule has 18 heavy (non-hydrogen) atoms.